The van der Waals surface area contributed by atoms with Crippen LogP contribution in [0.15, 0.2) is 77.8 Å². The van der Waals surface area contributed by atoms with Gasteiger partial charge in [0.15, 0.2) is 0 Å². The highest BCUT2D eigenvalue weighted by atomic mass is 16.6. The number of aliphatic imine (C=N–C) groups is 1. The lowest BCUT2D eigenvalue weighted by Crippen LogP contribution is -2.08. The van der Waals surface area contributed by atoms with Crippen LogP contribution in [0.25, 0.3) is 0 Å². The number of ether oxygens (including phenoxy) is 1. The van der Waals surface area contributed by atoms with Crippen LogP contribution in [-0.2, 0) is 0 Å². The van der Waals surface area contributed by atoms with Crippen molar-refractivity contribution >= 4 is 23.6 Å². The highest BCUT2D eigenvalue weighted by Crippen LogP contribution is 2.26. The van der Waals surface area contributed by atoms with Crippen LogP contribution in [0.3, 0.4) is 0 Å². The molecule has 3 aromatic carbocycles. The van der Waals surface area contributed by atoms with Crippen LogP contribution in [0.1, 0.15) is 15.9 Å². The molecular weight excluding hydrogens is 348 g/mol. The standard InChI is InChI=1S/C20H14N2O5/c23-19-12-15(21-13-14-6-4-5-9-18(14)22(25)26)10-11-17(19)20(24)27-16-7-2-1-3-8-16/h1-13,23H. The molecule has 0 heterocycles. The molecule has 7 heteroatoms. The topological polar surface area (TPSA) is 102 Å². The van der Waals surface area contributed by atoms with Gasteiger partial charge in [0.25, 0.3) is 5.69 Å². The Kier molecular flexibility index (Phi) is 5.22. The summed E-state index contributed by atoms with van der Waals surface area (Å²) in [6, 6.07) is 18.8. The van der Waals surface area contributed by atoms with E-state index in [1.54, 1.807) is 48.5 Å². The van der Waals surface area contributed by atoms with Gasteiger partial charge in [0.05, 0.1) is 16.2 Å². The van der Waals surface area contributed by atoms with Crippen LogP contribution in [0.2, 0.25) is 0 Å². The van der Waals surface area contributed by atoms with Crippen molar-refractivity contribution in [1.82, 2.24) is 0 Å². The van der Waals surface area contributed by atoms with Gasteiger partial charge in [-0.3, -0.25) is 15.1 Å². The number of hydrogen-bond donors (Lipinski definition) is 1. The lowest BCUT2D eigenvalue weighted by Gasteiger charge is -2.06. The number of aromatic hydroxyl groups is 1. The number of nitrogens with zero attached hydrogens (tertiary/aromatic N) is 2. The number of carbonyl (C=O) groups is 1. The fraction of sp³-hybridized carbons (Fsp3) is 0. The molecule has 0 saturated carbocycles. The average molecular weight is 362 g/mol. The number of nitro benzene ring substituents is 1. The molecule has 134 valence electrons. The summed E-state index contributed by atoms with van der Waals surface area (Å²) >= 11 is 0. The number of nitro groups is 1. The van der Waals surface area contributed by atoms with Gasteiger partial charge in [-0.25, -0.2) is 4.79 Å². The van der Waals surface area contributed by atoms with E-state index in [0.717, 1.165) is 0 Å². The third kappa shape index (κ3) is 4.35. The minimum atomic E-state index is -0.701. The zero-order valence-electron chi connectivity index (χ0n) is 14.0. The molecule has 0 aliphatic heterocycles. The minimum absolute atomic E-state index is 0.0107. The van der Waals surface area contributed by atoms with Crippen LogP contribution >= 0.6 is 0 Å². The van der Waals surface area contributed by atoms with E-state index in [-0.39, 0.29) is 17.0 Å². The van der Waals surface area contributed by atoms with E-state index in [9.17, 15) is 20.0 Å². The first-order valence-electron chi connectivity index (χ1n) is 7.92. The number of esters is 1. The van der Waals surface area contributed by atoms with Crippen LogP contribution in [-0.4, -0.2) is 22.2 Å². The number of phenolic OH excluding ortho intramolecular Hbond substituents is 1. The van der Waals surface area contributed by atoms with Gasteiger partial charge in [0.1, 0.15) is 17.1 Å². The van der Waals surface area contributed by atoms with Crippen molar-refractivity contribution in [2.45, 2.75) is 0 Å². The van der Waals surface area contributed by atoms with E-state index < -0.39 is 10.9 Å². The second-order valence-electron chi connectivity index (χ2n) is 5.48. The quantitative estimate of drug-likeness (QED) is 0.240. The Hall–Kier alpha value is -4.00. The maximum atomic E-state index is 12.1. The molecule has 0 spiro atoms. The van der Waals surface area contributed by atoms with Gasteiger partial charge in [-0.1, -0.05) is 30.3 Å². The molecule has 3 aromatic rings. The predicted octanol–water partition coefficient (Wildman–Crippen LogP) is 4.27. The van der Waals surface area contributed by atoms with Gasteiger partial charge in [0, 0.05) is 18.3 Å². The van der Waals surface area contributed by atoms with Gasteiger partial charge in [-0.15, -0.1) is 0 Å². The molecule has 0 unspecified atom stereocenters. The molecule has 0 amide bonds. The zero-order valence-corrected chi connectivity index (χ0v) is 14.0. The third-order valence-corrected chi connectivity index (χ3v) is 3.64. The monoisotopic (exact) mass is 362 g/mol. The molecule has 0 aliphatic rings. The van der Waals surface area contributed by atoms with E-state index in [1.807, 2.05) is 0 Å². The van der Waals surface area contributed by atoms with Gasteiger partial charge >= 0.3 is 5.97 Å². The fourth-order valence-corrected chi connectivity index (χ4v) is 2.33. The van der Waals surface area contributed by atoms with E-state index in [4.69, 9.17) is 4.74 Å². The molecule has 0 saturated heterocycles. The molecular formula is C20H14N2O5. The largest absolute Gasteiger partial charge is 0.507 e. The fourth-order valence-electron chi connectivity index (χ4n) is 2.33. The van der Waals surface area contributed by atoms with Gasteiger partial charge in [-0.2, -0.15) is 0 Å². The molecule has 3 rings (SSSR count). The lowest BCUT2D eigenvalue weighted by molar-refractivity contribution is -0.385. The van der Waals surface area contributed by atoms with E-state index >= 15 is 0 Å². The Bertz CT molecular complexity index is 1020. The van der Waals surface area contributed by atoms with Gasteiger partial charge < -0.3 is 9.84 Å². The normalized spacial score (nSPS) is 10.7. The molecule has 0 radical (unpaired) electrons. The first-order chi connectivity index (χ1) is 13.0. The maximum absolute atomic E-state index is 12.1. The highest BCUT2D eigenvalue weighted by molar-refractivity contribution is 5.94. The van der Waals surface area contributed by atoms with Crippen molar-refractivity contribution in [3.05, 3.63) is 94.0 Å². The van der Waals surface area contributed by atoms with Crippen molar-refractivity contribution in [3.63, 3.8) is 0 Å². The van der Waals surface area contributed by atoms with Crippen molar-refractivity contribution < 1.29 is 19.6 Å². The lowest BCUT2D eigenvalue weighted by atomic mass is 10.1. The first kappa shape index (κ1) is 17.8. The number of phenols is 1. The smallest absolute Gasteiger partial charge is 0.347 e. The van der Waals surface area contributed by atoms with Crippen molar-refractivity contribution in [2.24, 2.45) is 4.99 Å². The van der Waals surface area contributed by atoms with Gasteiger partial charge in [-0.05, 0) is 30.3 Å². The molecule has 1 N–H and O–H groups in total. The summed E-state index contributed by atoms with van der Waals surface area (Å²) in [7, 11) is 0. The molecule has 7 nitrogen and oxygen atoms in total. The van der Waals surface area contributed by atoms with Crippen molar-refractivity contribution in [1.29, 1.82) is 0 Å². The summed E-state index contributed by atoms with van der Waals surface area (Å²) in [5, 5.41) is 21.1. The maximum Gasteiger partial charge on any atom is 0.347 e. The van der Waals surface area contributed by atoms with Crippen LogP contribution in [0.4, 0.5) is 11.4 Å². The molecule has 0 aromatic heterocycles. The molecule has 0 bridgehead atoms. The number of rotatable bonds is 5. The van der Waals surface area contributed by atoms with Crippen LogP contribution < -0.4 is 4.74 Å². The Balaban J connectivity index is 1.79. The Morgan fingerprint density at radius 2 is 1.74 bits per heavy atom. The number of benzene rings is 3. The third-order valence-electron chi connectivity index (χ3n) is 3.64. The second-order valence-corrected chi connectivity index (χ2v) is 5.48. The molecule has 27 heavy (non-hydrogen) atoms. The number of para-hydroxylation sites is 2. The van der Waals surface area contributed by atoms with Crippen molar-refractivity contribution in [3.8, 4) is 11.5 Å². The van der Waals surface area contributed by atoms with Crippen molar-refractivity contribution in [2.75, 3.05) is 0 Å². The second kappa shape index (κ2) is 7.92. The molecule has 0 fully saturated rings. The van der Waals surface area contributed by atoms with Crippen LogP contribution in [0, 0.1) is 10.1 Å². The Morgan fingerprint density at radius 1 is 1.04 bits per heavy atom. The average Bonchev–Trinajstić information content (AvgIpc) is 2.67. The van der Waals surface area contributed by atoms with Crippen LogP contribution in [0.5, 0.6) is 11.5 Å². The molecule has 0 aliphatic carbocycles. The first-order valence-corrected chi connectivity index (χ1v) is 7.92. The van der Waals surface area contributed by atoms with Gasteiger partial charge in [0.2, 0.25) is 0 Å². The SMILES string of the molecule is O=C(Oc1ccccc1)c1ccc(N=Cc2ccccc2[N+](=O)[O-])cc1O. The Morgan fingerprint density at radius 3 is 2.44 bits per heavy atom. The van der Waals surface area contributed by atoms with E-state index in [0.29, 0.717) is 17.0 Å². The van der Waals surface area contributed by atoms with E-state index in [2.05, 4.69) is 4.99 Å². The number of hydrogen-bond acceptors (Lipinski definition) is 6. The predicted molar refractivity (Wildman–Crippen MR) is 99.9 cm³/mol. The summed E-state index contributed by atoms with van der Waals surface area (Å²) in [6.07, 6.45) is 1.33. The molecule has 0 atom stereocenters. The summed E-state index contributed by atoms with van der Waals surface area (Å²) in [5.74, 6) is -0.638. The summed E-state index contributed by atoms with van der Waals surface area (Å²) in [5.41, 5.74) is 0.577. The zero-order chi connectivity index (χ0) is 19.2. The summed E-state index contributed by atoms with van der Waals surface area (Å²) < 4.78 is 5.18. The summed E-state index contributed by atoms with van der Waals surface area (Å²) in [4.78, 5) is 26.8. The van der Waals surface area contributed by atoms with E-state index in [1.165, 1.54) is 30.5 Å². The minimum Gasteiger partial charge on any atom is -0.507 e. The number of carbonyl (C=O) groups excluding carboxylic acids is 1. The highest BCUT2D eigenvalue weighted by Gasteiger charge is 2.14. The Labute approximate surface area is 154 Å². The summed E-state index contributed by atoms with van der Waals surface area (Å²) in [6.45, 7) is 0.